The largest absolute Gasteiger partial charge is 0.352 e. The molecule has 5 nitrogen and oxygen atoms in total. The number of benzene rings is 1. The van der Waals surface area contributed by atoms with Crippen LogP contribution in [-0.4, -0.2) is 27.4 Å². The number of aromatic nitrogens is 1. The lowest BCUT2D eigenvalue weighted by atomic mass is 10.0. The molecule has 7 heteroatoms. The molecule has 0 aliphatic carbocycles. The molecule has 1 amide bonds. The highest BCUT2D eigenvalue weighted by Gasteiger charge is 2.40. The van der Waals surface area contributed by atoms with Crippen molar-refractivity contribution in [1.29, 1.82) is 0 Å². The zero-order valence-corrected chi connectivity index (χ0v) is 17.7. The van der Waals surface area contributed by atoms with Gasteiger partial charge in [-0.2, -0.15) is 0 Å². The number of thiophene rings is 1. The molecule has 2 N–H and O–H groups in total. The fourth-order valence-electron chi connectivity index (χ4n) is 3.58. The van der Waals surface area contributed by atoms with Crippen LogP contribution >= 0.6 is 23.6 Å². The zero-order chi connectivity index (χ0) is 20.2. The normalized spacial score (nSPS) is 18.5. The molecule has 148 valence electrons. The minimum atomic E-state index is -0.0396. The van der Waals surface area contributed by atoms with Gasteiger partial charge in [0, 0.05) is 29.7 Å². The van der Waals surface area contributed by atoms with E-state index in [1.807, 2.05) is 55.5 Å². The van der Waals surface area contributed by atoms with E-state index in [1.165, 1.54) is 4.88 Å². The molecule has 3 heterocycles. The van der Waals surface area contributed by atoms with Gasteiger partial charge in [0.15, 0.2) is 5.11 Å². The lowest BCUT2D eigenvalue weighted by Gasteiger charge is -2.26. The third-order valence-electron chi connectivity index (χ3n) is 4.91. The molecule has 29 heavy (non-hydrogen) atoms. The molecule has 1 aliphatic rings. The standard InChI is InChI=1S/C22H22N4OS2/c1-15-6-4-7-16(14-15)24-19(27)10-12-26-21(18-9-5-13-29-18)20(25-22(26)28)17-8-2-3-11-23-17/h2-9,11,13-14,20-21H,10,12H2,1H3,(H,24,27)(H,25,28). The number of rotatable bonds is 6. The molecule has 1 aliphatic heterocycles. The van der Waals surface area contributed by atoms with Crippen LogP contribution in [0.3, 0.4) is 0 Å². The average molecular weight is 423 g/mol. The van der Waals surface area contributed by atoms with Crippen LogP contribution < -0.4 is 10.6 Å². The van der Waals surface area contributed by atoms with Gasteiger partial charge in [-0.25, -0.2) is 0 Å². The molecule has 0 saturated carbocycles. The SMILES string of the molecule is Cc1cccc(NC(=O)CCN2C(=S)NC(c3ccccn3)C2c2cccs2)c1. The fourth-order valence-corrected chi connectivity index (χ4v) is 4.79. The second kappa shape index (κ2) is 8.71. The third kappa shape index (κ3) is 4.46. The van der Waals surface area contributed by atoms with Gasteiger partial charge in [-0.15, -0.1) is 11.3 Å². The summed E-state index contributed by atoms with van der Waals surface area (Å²) >= 11 is 7.32. The van der Waals surface area contributed by atoms with Crippen LogP contribution in [0.4, 0.5) is 5.69 Å². The van der Waals surface area contributed by atoms with Gasteiger partial charge in [0.25, 0.3) is 0 Å². The van der Waals surface area contributed by atoms with Crippen LogP contribution in [0.25, 0.3) is 0 Å². The van der Waals surface area contributed by atoms with Gasteiger partial charge in [-0.3, -0.25) is 9.78 Å². The molecule has 1 saturated heterocycles. The summed E-state index contributed by atoms with van der Waals surface area (Å²) in [5.74, 6) is -0.0235. The molecular weight excluding hydrogens is 400 g/mol. The van der Waals surface area contributed by atoms with E-state index in [0.29, 0.717) is 18.1 Å². The summed E-state index contributed by atoms with van der Waals surface area (Å²) < 4.78 is 0. The molecule has 1 aromatic carbocycles. The smallest absolute Gasteiger partial charge is 0.226 e. The Kier molecular flexibility index (Phi) is 5.87. The molecule has 2 unspecified atom stereocenters. The van der Waals surface area contributed by atoms with E-state index in [4.69, 9.17) is 12.2 Å². The Hall–Kier alpha value is -2.77. The Morgan fingerprint density at radius 1 is 1.24 bits per heavy atom. The van der Waals surface area contributed by atoms with E-state index >= 15 is 0 Å². The van der Waals surface area contributed by atoms with E-state index in [1.54, 1.807) is 17.5 Å². The minimum absolute atomic E-state index is 0.0177. The number of hydrogen-bond acceptors (Lipinski definition) is 4. The summed E-state index contributed by atoms with van der Waals surface area (Å²) in [5, 5.41) is 9.10. The van der Waals surface area contributed by atoms with Gasteiger partial charge in [0.05, 0.1) is 17.8 Å². The predicted molar refractivity (Wildman–Crippen MR) is 121 cm³/mol. The minimum Gasteiger partial charge on any atom is -0.352 e. The van der Waals surface area contributed by atoms with E-state index < -0.39 is 0 Å². The first-order valence-corrected chi connectivity index (χ1v) is 10.8. The second-order valence-corrected chi connectivity index (χ2v) is 8.37. The van der Waals surface area contributed by atoms with Crippen molar-refractivity contribution in [2.24, 2.45) is 0 Å². The van der Waals surface area contributed by atoms with Crippen LogP contribution in [0.15, 0.2) is 66.2 Å². The number of nitrogens with one attached hydrogen (secondary N) is 2. The number of anilines is 1. The van der Waals surface area contributed by atoms with Gasteiger partial charge in [0.2, 0.25) is 5.91 Å². The Bertz CT molecular complexity index is 991. The molecule has 2 atom stereocenters. The Morgan fingerprint density at radius 3 is 2.86 bits per heavy atom. The van der Waals surface area contributed by atoms with E-state index in [0.717, 1.165) is 16.9 Å². The first-order valence-electron chi connectivity index (χ1n) is 9.50. The fraction of sp³-hybridized carbons (Fsp3) is 0.227. The molecule has 2 aromatic heterocycles. The van der Waals surface area contributed by atoms with Gasteiger partial charge < -0.3 is 15.5 Å². The number of carbonyl (C=O) groups is 1. The number of thiocarbonyl (C=S) groups is 1. The number of pyridine rings is 1. The highest BCUT2D eigenvalue weighted by molar-refractivity contribution is 7.80. The Labute approximate surface area is 179 Å². The van der Waals surface area contributed by atoms with E-state index in [-0.39, 0.29) is 18.0 Å². The van der Waals surface area contributed by atoms with E-state index in [9.17, 15) is 4.79 Å². The average Bonchev–Trinajstić information content (AvgIpc) is 3.35. The van der Waals surface area contributed by atoms with Crippen molar-refractivity contribution in [3.63, 3.8) is 0 Å². The molecule has 0 radical (unpaired) electrons. The van der Waals surface area contributed by atoms with Crippen molar-refractivity contribution in [2.45, 2.75) is 25.4 Å². The quantitative estimate of drug-likeness (QED) is 0.575. The van der Waals surface area contributed by atoms with Crippen LogP contribution in [0.2, 0.25) is 0 Å². The number of hydrogen-bond donors (Lipinski definition) is 2. The van der Waals surface area contributed by atoms with Crippen LogP contribution in [0.1, 0.15) is 34.6 Å². The van der Waals surface area contributed by atoms with Crippen molar-refractivity contribution >= 4 is 40.3 Å². The van der Waals surface area contributed by atoms with Crippen molar-refractivity contribution in [3.8, 4) is 0 Å². The molecule has 0 bridgehead atoms. The maximum absolute atomic E-state index is 12.5. The summed E-state index contributed by atoms with van der Waals surface area (Å²) in [5.41, 5.74) is 2.88. The molecule has 1 fully saturated rings. The molecular formula is C22H22N4OS2. The lowest BCUT2D eigenvalue weighted by molar-refractivity contribution is -0.116. The zero-order valence-electron chi connectivity index (χ0n) is 16.0. The summed E-state index contributed by atoms with van der Waals surface area (Å²) in [6.45, 7) is 2.54. The summed E-state index contributed by atoms with van der Waals surface area (Å²) in [6, 6.07) is 17.8. The second-order valence-electron chi connectivity index (χ2n) is 7.00. The molecule has 3 aromatic rings. The van der Waals surface area contributed by atoms with Crippen molar-refractivity contribution in [2.75, 3.05) is 11.9 Å². The van der Waals surface area contributed by atoms with Crippen LogP contribution in [-0.2, 0) is 4.79 Å². The number of amides is 1. The maximum atomic E-state index is 12.5. The van der Waals surface area contributed by atoms with Gasteiger partial charge in [0.1, 0.15) is 0 Å². The van der Waals surface area contributed by atoms with Crippen molar-refractivity contribution < 1.29 is 4.79 Å². The molecule has 0 spiro atoms. The van der Waals surface area contributed by atoms with Crippen molar-refractivity contribution in [1.82, 2.24) is 15.2 Å². The van der Waals surface area contributed by atoms with Gasteiger partial charge in [-0.1, -0.05) is 24.3 Å². The third-order valence-corrected chi connectivity index (χ3v) is 6.21. The van der Waals surface area contributed by atoms with E-state index in [2.05, 4.69) is 32.0 Å². The van der Waals surface area contributed by atoms with Crippen LogP contribution in [0.5, 0.6) is 0 Å². The number of carbonyl (C=O) groups excluding carboxylic acids is 1. The Morgan fingerprint density at radius 2 is 2.14 bits per heavy atom. The molecule has 4 rings (SSSR count). The van der Waals surface area contributed by atoms with Crippen LogP contribution in [0, 0.1) is 6.92 Å². The topological polar surface area (TPSA) is 57.3 Å². The monoisotopic (exact) mass is 422 g/mol. The summed E-state index contributed by atoms with van der Waals surface area (Å²) in [7, 11) is 0. The summed E-state index contributed by atoms with van der Waals surface area (Å²) in [4.78, 5) is 20.4. The predicted octanol–water partition coefficient (Wildman–Crippen LogP) is 4.45. The number of nitrogens with zero attached hydrogens (tertiary/aromatic N) is 2. The lowest BCUT2D eigenvalue weighted by Crippen LogP contribution is -2.32. The summed E-state index contributed by atoms with van der Waals surface area (Å²) in [6.07, 6.45) is 2.15. The first kappa shape index (κ1) is 19.5. The van der Waals surface area contributed by atoms with Gasteiger partial charge in [-0.05, 0) is 60.4 Å². The van der Waals surface area contributed by atoms with Crippen molar-refractivity contribution in [3.05, 3.63) is 82.3 Å². The Balaban J connectivity index is 1.49. The highest BCUT2D eigenvalue weighted by Crippen LogP contribution is 2.40. The number of aryl methyl sites for hydroxylation is 1. The first-order chi connectivity index (χ1) is 14.1. The highest BCUT2D eigenvalue weighted by atomic mass is 32.1. The van der Waals surface area contributed by atoms with Gasteiger partial charge >= 0.3 is 0 Å². The maximum Gasteiger partial charge on any atom is 0.226 e.